The molecule has 1 aromatic rings. The van der Waals surface area contributed by atoms with Crippen LogP contribution >= 0.6 is 11.6 Å². The van der Waals surface area contributed by atoms with Crippen molar-refractivity contribution in [2.45, 2.75) is 26.4 Å². The van der Waals surface area contributed by atoms with Gasteiger partial charge in [-0.25, -0.2) is 0 Å². The number of ether oxygens (including phenoxy) is 1. The normalized spacial score (nSPS) is 12.4. The first-order chi connectivity index (χ1) is 8.71. The predicted octanol–water partition coefficient (Wildman–Crippen LogP) is 2.21. The molecule has 1 aromatic heterocycles. The molecule has 1 rings (SSSR count). The number of halogens is 1. The summed E-state index contributed by atoms with van der Waals surface area (Å²) in [6.07, 6.45) is 1.88. The van der Waals surface area contributed by atoms with Crippen molar-refractivity contribution >= 4 is 17.5 Å². The molecule has 0 aromatic carbocycles. The molecule has 0 fully saturated rings. The summed E-state index contributed by atoms with van der Waals surface area (Å²) in [6.45, 7) is 2.99. The number of nitrogens with zero attached hydrogens (tertiary/aromatic N) is 1. The average molecular weight is 275 g/mol. The number of aromatic nitrogens is 1. The summed E-state index contributed by atoms with van der Waals surface area (Å²) < 4.78 is 9.84. The monoisotopic (exact) mass is 274 g/mol. The first-order valence-electron chi connectivity index (χ1n) is 5.99. The van der Waals surface area contributed by atoms with E-state index in [0.29, 0.717) is 30.7 Å². The molecule has 0 saturated heterocycles. The van der Waals surface area contributed by atoms with Gasteiger partial charge in [-0.15, -0.1) is 11.6 Å². The van der Waals surface area contributed by atoms with Gasteiger partial charge in [0.25, 0.3) is 5.91 Å². The van der Waals surface area contributed by atoms with E-state index in [1.807, 2.05) is 0 Å². The summed E-state index contributed by atoms with van der Waals surface area (Å²) in [5.41, 5.74) is 0.280. The summed E-state index contributed by atoms with van der Waals surface area (Å²) in [5.74, 6) is 1.32. The van der Waals surface area contributed by atoms with Crippen LogP contribution in [0.2, 0.25) is 0 Å². The Morgan fingerprint density at radius 1 is 1.67 bits per heavy atom. The van der Waals surface area contributed by atoms with Crippen molar-refractivity contribution in [2.75, 3.05) is 19.5 Å². The molecule has 0 spiro atoms. The Labute approximate surface area is 112 Å². The van der Waals surface area contributed by atoms with E-state index in [1.54, 1.807) is 13.2 Å². The van der Waals surface area contributed by atoms with Gasteiger partial charge in [-0.05, 0) is 12.3 Å². The van der Waals surface area contributed by atoms with E-state index in [0.717, 1.165) is 12.8 Å². The SMILES string of the molecule is CCC(CCCl)CNC(=O)c1cc(COC)on1. The highest BCUT2D eigenvalue weighted by Gasteiger charge is 2.14. The number of amides is 1. The second-order valence-corrected chi connectivity index (χ2v) is 4.45. The van der Waals surface area contributed by atoms with Crippen LogP contribution in [0.1, 0.15) is 36.0 Å². The number of carbonyl (C=O) groups excluding carboxylic acids is 1. The van der Waals surface area contributed by atoms with E-state index in [4.69, 9.17) is 20.9 Å². The Balaban J connectivity index is 2.43. The molecular weight excluding hydrogens is 256 g/mol. The van der Waals surface area contributed by atoms with Gasteiger partial charge in [0, 0.05) is 25.6 Å². The number of nitrogens with one attached hydrogen (secondary N) is 1. The van der Waals surface area contributed by atoms with Gasteiger partial charge in [0.1, 0.15) is 6.61 Å². The molecule has 18 heavy (non-hydrogen) atoms. The minimum absolute atomic E-state index is 0.228. The maximum absolute atomic E-state index is 11.8. The molecule has 0 aliphatic rings. The van der Waals surface area contributed by atoms with E-state index < -0.39 is 0 Å². The van der Waals surface area contributed by atoms with E-state index in [1.165, 1.54) is 0 Å². The number of carbonyl (C=O) groups is 1. The fraction of sp³-hybridized carbons (Fsp3) is 0.667. The zero-order chi connectivity index (χ0) is 13.4. The van der Waals surface area contributed by atoms with E-state index in [-0.39, 0.29) is 11.6 Å². The molecule has 102 valence electrons. The van der Waals surface area contributed by atoms with E-state index >= 15 is 0 Å². The number of rotatable bonds is 8. The second-order valence-electron chi connectivity index (χ2n) is 4.07. The quantitative estimate of drug-likeness (QED) is 0.738. The molecule has 0 aliphatic carbocycles. The van der Waals surface area contributed by atoms with Crippen LogP contribution < -0.4 is 5.32 Å². The fourth-order valence-corrected chi connectivity index (χ4v) is 1.87. The van der Waals surface area contributed by atoms with E-state index in [2.05, 4.69) is 17.4 Å². The van der Waals surface area contributed by atoms with Crippen LogP contribution in [0.15, 0.2) is 10.6 Å². The van der Waals surface area contributed by atoms with Crippen molar-refractivity contribution in [3.8, 4) is 0 Å². The van der Waals surface area contributed by atoms with E-state index in [9.17, 15) is 4.79 Å². The van der Waals surface area contributed by atoms with Crippen molar-refractivity contribution in [3.63, 3.8) is 0 Å². The fourth-order valence-electron chi connectivity index (χ4n) is 1.56. The van der Waals surface area contributed by atoms with Gasteiger partial charge in [-0.2, -0.15) is 0 Å². The van der Waals surface area contributed by atoms with Crippen LogP contribution in [0.4, 0.5) is 0 Å². The molecule has 1 amide bonds. The number of hydrogen-bond acceptors (Lipinski definition) is 4. The maximum atomic E-state index is 11.8. The van der Waals surface area contributed by atoms with Gasteiger partial charge < -0.3 is 14.6 Å². The Bertz CT molecular complexity index is 368. The topological polar surface area (TPSA) is 64.4 Å². The molecule has 1 N–H and O–H groups in total. The zero-order valence-electron chi connectivity index (χ0n) is 10.7. The summed E-state index contributed by atoms with van der Waals surface area (Å²) >= 11 is 5.69. The summed E-state index contributed by atoms with van der Waals surface area (Å²) in [7, 11) is 1.56. The Hall–Kier alpha value is -1.07. The third kappa shape index (κ3) is 4.66. The van der Waals surface area contributed by atoms with Crippen LogP contribution in [0, 0.1) is 5.92 Å². The molecule has 0 saturated carbocycles. The smallest absolute Gasteiger partial charge is 0.273 e. The third-order valence-electron chi connectivity index (χ3n) is 2.72. The minimum Gasteiger partial charge on any atom is -0.377 e. The highest BCUT2D eigenvalue weighted by Crippen LogP contribution is 2.09. The van der Waals surface area contributed by atoms with Gasteiger partial charge in [0.05, 0.1) is 0 Å². The first kappa shape index (κ1) is 15.0. The van der Waals surface area contributed by atoms with Crippen LogP contribution in [-0.2, 0) is 11.3 Å². The Morgan fingerprint density at radius 3 is 3.06 bits per heavy atom. The largest absolute Gasteiger partial charge is 0.377 e. The molecule has 5 nitrogen and oxygen atoms in total. The van der Waals surface area contributed by atoms with Gasteiger partial charge in [-0.3, -0.25) is 4.79 Å². The van der Waals surface area contributed by atoms with Crippen molar-refractivity contribution in [1.82, 2.24) is 10.5 Å². The van der Waals surface area contributed by atoms with Gasteiger partial charge in [0.2, 0.25) is 0 Å². The van der Waals surface area contributed by atoms with Crippen LogP contribution in [-0.4, -0.2) is 30.6 Å². The summed E-state index contributed by atoms with van der Waals surface area (Å²) in [6, 6.07) is 1.58. The number of methoxy groups -OCH3 is 1. The van der Waals surface area contributed by atoms with Gasteiger partial charge >= 0.3 is 0 Å². The number of hydrogen-bond donors (Lipinski definition) is 1. The molecule has 1 unspecified atom stereocenters. The predicted molar refractivity (Wildman–Crippen MR) is 68.7 cm³/mol. The summed E-state index contributed by atoms with van der Waals surface area (Å²) in [4.78, 5) is 11.8. The average Bonchev–Trinajstić information content (AvgIpc) is 2.83. The first-order valence-corrected chi connectivity index (χ1v) is 6.53. The Morgan fingerprint density at radius 2 is 2.44 bits per heavy atom. The minimum atomic E-state index is -0.228. The number of alkyl halides is 1. The molecule has 6 heteroatoms. The molecule has 1 atom stereocenters. The lowest BCUT2D eigenvalue weighted by Crippen LogP contribution is -2.29. The molecule has 0 bridgehead atoms. The van der Waals surface area contributed by atoms with Crippen molar-refractivity contribution in [3.05, 3.63) is 17.5 Å². The molecule has 0 radical (unpaired) electrons. The third-order valence-corrected chi connectivity index (χ3v) is 2.94. The lowest BCUT2D eigenvalue weighted by atomic mass is 10.0. The van der Waals surface area contributed by atoms with Crippen LogP contribution in [0.5, 0.6) is 0 Å². The standard InChI is InChI=1S/C12H19ClN2O3/c1-3-9(4-5-13)7-14-12(16)11-6-10(8-17-2)18-15-11/h6,9H,3-5,7-8H2,1-2H3,(H,14,16). The molecular formula is C12H19ClN2O3. The maximum Gasteiger partial charge on any atom is 0.273 e. The second kappa shape index (κ2) is 8.11. The van der Waals surface area contributed by atoms with Crippen LogP contribution in [0.3, 0.4) is 0 Å². The van der Waals surface area contributed by atoms with Crippen LogP contribution in [0.25, 0.3) is 0 Å². The highest BCUT2D eigenvalue weighted by molar-refractivity contribution is 6.17. The van der Waals surface area contributed by atoms with Gasteiger partial charge in [-0.1, -0.05) is 18.5 Å². The Kier molecular flexibility index (Phi) is 6.75. The van der Waals surface area contributed by atoms with Crippen molar-refractivity contribution in [1.29, 1.82) is 0 Å². The summed E-state index contributed by atoms with van der Waals surface area (Å²) in [5, 5.41) is 6.52. The molecule has 0 aliphatic heterocycles. The van der Waals surface area contributed by atoms with Crippen molar-refractivity contribution in [2.24, 2.45) is 5.92 Å². The zero-order valence-corrected chi connectivity index (χ0v) is 11.5. The lowest BCUT2D eigenvalue weighted by Gasteiger charge is -2.13. The van der Waals surface area contributed by atoms with Crippen molar-refractivity contribution < 1.29 is 14.1 Å². The lowest BCUT2D eigenvalue weighted by molar-refractivity contribution is 0.0936. The van der Waals surface area contributed by atoms with Gasteiger partial charge in [0.15, 0.2) is 11.5 Å². The highest BCUT2D eigenvalue weighted by atomic mass is 35.5. The molecule has 1 heterocycles.